The molecule has 13 heteroatoms. The van der Waals surface area contributed by atoms with Crippen LogP contribution in [0.15, 0.2) is 12.4 Å². The first kappa shape index (κ1) is 22.9. The first-order valence-electron chi connectivity index (χ1n) is 7.57. The lowest BCUT2D eigenvalue weighted by Gasteiger charge is -2.38. The van der Waals surface area contributed by atoms with Gasteiger partial charge in [0.25, 0.3) is 0 Å². The number of thioether (sulfide) groups is 2. The third-order valence-corrected chi connectivity index (χ3v) is 6.63. The molecular formula is C14H16Cl3N3O4S3. The molecule has 1 aliphatic rings. The van der Waals surface area contributed by atoms with Crippen LogP contribution in [0.5, 0.6) is 0 Å². The predicted octanol–water partition coefficient (Wildman–Crippen LogP) is 3.66. The van der Waals surface area contributed by atoms with Gasteiger partial charge in [-0.05, 0) is 6.92 Å². The maximum absolute atomic E-state index is 11.9. The highest BCUT2D eigenvalue weighted by molar-refractivity contribution is 8.47. The average Bonchev–Trinajstić information content (AvgIpc) is 2.94. The maximum Gasteiger partial charge on any atom is 0.508 e. The van der Waals surface area contributed by atoms with Gasteiger partial charge in [0.2, 0.25) is 9.70 Å². The lowest BCUT2D eigenvalue weighted by atomic mass is 9.96. The number of aryl methyl sites for hydroxylation is 1. The Balaban J connectivity index is 1.79. The molecule has 0 aliphatic carbocycles. The van der Waals surface area contributed by atoms with Crippen LogP contribution in [-0.4, -0.2) is 47.0 Å². The fraction of sp³-hybridized carbons (Fsp3) is 0.571. The Morgan fingerprint density at radius 3 is 2.78 bits per heavy atom. The van der Waals surface area contributed by atoms with Gasteiger partial charge in [-0.25, -0.2) is 9.78 Å². The summed E-state index contributed by atoms with van der Waals surface area (Å²) in [4.78, 5) is 27.7. The second-order valence-corrected chi connectivity index (χ2v) is 11.4. The molecule has 0 bridgehead atoms. The summed E-state index contributed by atoms with van der Waals surface area (Å²) in [6, 6.07) is 0. The molecule has 2 rings (SSSR count). The molecule has 3 atom stereocenters. The summed E-state index contributed by atoms with van der Waals surface area (Å²) < 4.78 is 10.6. The molecule has 150 valence electrons. The average molecular weight is 493 g/mol. The number of rotatable bonds is 6. The van der Waals surface area contributed by atoms with Crippen LogP contribution in [-0.2, 0) is 27.1 Å². The van der Waals surface area contributed by atoms with Crippen molar-refractivity contribution in [3.8, 4) is 0 Å². The van der Waals surface area contributed by atoms with Gasteiger partial charge in [-0.15, -0.1) is 0 Å². The maximum atomic E-state index is 11.9. The molecule has 1 amide bonds. The van der Waals surface area contributed by atoms with Crippen LogP contribution in [0.1, 0.15) is 12.7 Å². The molecule has 27 heavy (non-hydrogen) atoms. The van der Waals surface area contributed by atoms with E-state index in [2.05, 4.69) is 10.3 Å². The first-order chi connectivity index (χ1) is 12.6. The Labute approximate surface area is 185 Å². The minimum Gasteiger partial charge on any atom is -0.430 e. The van der Waals surface area contributed by atoms with Crippen molar-refractivity contribution in [2.45, 2.75) is 27.9 Å². The molecule has 1 aromatic rings. The zero-order valence-corrected chi connectivity index (χ0v) is 18.9. The summed E-state index contributed by atoms with van der Waals surface area (Å²) >= 11 is 24.6. The number of halogens is 3. The molecule has 2 heterocycles. The number of carbonyl (C=O) groups excluding carboxylic acids is 2. The van der Waals surface area contributed by atoms with Crippen molar-refractivity contribution in [2.24, 2.45) is 13.0 Å². The third-order valence-electron chi connectivity index (χ3n) is 3.52. The molecule has 1 fully saturated rings. The van der Waals surface area contributed by atoms with Crippen LogP contribution in [0.3, 0.4) is 0 Å². The normalized spacial score (nSPS) is 20.4. The topological polar surface area (TPSA) is 82.4 Å². The van der Waals surface area contributed by atoms with Crippen LogP contribution < -0.4 is 5.32 Å². The number of imidazole rings is 1. The van der Waals surface area contributed by atoms with Gasteiger partial charge in [-0.2, -0.15) is 0 Å². The van der Waals surface area contributed by atoms with Crippen LogP contribution in [0.25, 0.3) is 0 Å². The van der Waals surface area contributed by atoms with Gasteiger partial charge in [0.05, 0.1) is 11.1 Å². The van der Waals surface area contributed by atoms with Gasteiger partial charge >= 0.3 is 6.16 Å². The number of β-lactam (4-membered cyclic amide) rings is 1. The van der Waals surface area contributed by atoms with E-state index in [9.17, 15) is 9.59 Å². The molecule has 1 N–H and O–H groups in total. The number of nitrogens with one attached hydrogen (secondary N) is 1. The molecule has 1 aliphatic heterocycles. The quantitative estimate of drug-likeness (QED) is 0.279. The standard InChI is InChI=1S/C14H16Cl3N3O4S3/c1-7(24-12(22)23-6-14(15,16)17)9-10(21)19-11(9)27-13(25)26-5-8-18-3-4-20(8)2/h3-4,7,9,11H,5-6H2,1-2H3,(H,19,21)/t7?,9-,11-/m1/s1. The summed E-state index contributed by atoms with van der Waals surface area (Å²) in [7, 11) is 1.90. The van der Waals surface area contributed by atoms with Crippen molar-refractivity contribution in [1.29, 1.82) is 0 Å². The molecule has 0 saturated carbocycles. The van der Waals surface area contributed by atoms with Crippen molar-refractivity contribution in [2.75, 3.05) is 6.61 Å². The Kier molecular flexibility index (Phi) is 8.38. The SMILES string of the molecule is CC(OC(=O)OCC(Cl)(Cl)Cl)[C@@H]1C(=O)N[C@@H]1SC(=S)SCc1nccn1C. The second kappa shape index (κ2) is 9.89. The Morgan fingerprint density at radius 2 is 2.22 bits per heavy atom. The summed E-state index contributed by atoms with van der Waals surface area (Å²) in [5.41, 5.74) is 0. The Hall–Kier alpha value is -0.390. The first-order valence-corrected chi connectivity index (χ1v) is 11.0. The number of amides is 1. The molecule has 0 spiro atoms. The number of aromatic nitrogens is 2. The largest absolute Gasteiger partial charge is 0.508 e. The van der Waals surface area contributed by atoms with E-state index in [1.807, 2.05) is 17.8 Å². The molecule has 1 aromatic heterocycles. The molecular weight excluding hydrogens is 477 g/mol. The van der Waals surface area contributed by atoms with Crippen LogP contribution in [0, 0.1) is 5.92 Å². The molecule has 7 nitrogen and oxygen atoms in total. The molecule has 0 aromatic carbocycles. The lowest BCUT2D eigenvalue weighted by Crippen LogP contribution is -2.61. The predicted molar refractivity (Wildman–Crippen MR) is 112 cm³/mol. The van der Waals surface area contributed by atoms with Crippen molar-refractivity contribution in [3.63, 3.8) is 0 Å². The Morgan fingerprint density at radius 1 is 1.52 bits per heavy atom. The minimum absolute atomic E-state index is 0.230. The van der Waals surface area contributed by atoms with E-state index in [0.29, 0.717) is 9.28 Å². The minimum atomic E-state index is -1.73. The van der Waals surface area contributed by atoms with Gasteiger partial charge in [-0.1, -0.05) is 70.5 Å². The van der Waals surface area contributed by atoms with Gasteiger partial charge in [0.15, 0.2) is 0 Å². The van der Waals surface area contributed by atoms with Crippen LogP contribution in [0.4, 0.5) is 4.79 Å². The fourth-order valence-electron chi connectivity index (χ4n) is 2.13. The van der Waals surface area contributed by atoms with Gasteiger partial charge in [0, 0.05) is 19.4 Å². The highest BCUT2D eigenvalue weighted by atomic mass is 35.6. The zero-order valence-electron chi connectivity index (χ0n) is 14.2. The highest BCUT2D eigenvalue weighted by Gasteiger charge is 2.46. The van der Waals surface area contributed by atoms with Gasteiger partial charge in [0.1, 0.15) is 28.0 Å². The van der Waals surface area contributed by atoms with E-state index < -0.39 is 28.6 Å². The smallest absolute Gasteiger partial charge is 0.430 e. The number of ether oxygens (including phenoxy) is 2. The summed E-state index contributed by atoms with van der Waals surface area (Å²) in [6.07, 6.45) is 1.84. The summed E-state index contributed by atoms with van der Waals surface area (Å²) in [5, 5.41) is 2.45. The van der Waals surface area contributed by atoms with Crippen LogP contribution >= 0.6 is 70.5 Å². The Bertz CT molecular complexity index is 713. The number of thiocarbonyl (C=S) groups is 1. The van der Waals surface area contributed by atoms with E-state index in [1.54, 1.807) is 13.1 Å². The van der Waals surface area contributed by atoms with Crippen molar-refractivity contribution >= 4 is 86.1 Å². The monoisotopic (exact) mass is 491 g/mol. The zero-order chi connectivity index (χ0) is 20.2. The second-order valence-electron chi connectivity index (χ2n) is 5.54. The van der Waals surface area contributed by atoms with E-state index >= 15 is 0 Å². The van der Waals surface area contributed by atoms with Crippen molar-refractivity contribution in [3.05, 3.63) is 18.2 Å². The number of carbonyl (C=O) groups is 2. The number of hydrogen-bond acceptors (Lipinski definition) is 8. The van der Waals surface area contributed by atoms with E-state index in [-0.39, 0.29) is 11.3 Å². The van der Waals surface area contributed by atoms with Gasteiger partial charge < -0.3 is 19.4 Å². The molecule has 0 radical (unpaired) electrons. The number of nitrogens with zero attached hydrogens (tertiary/aromatic N) is 2. The summed E-state index contributed by atoms with van der Waals surface area (Å²) in [6.45, 7) is 1.14. The molecule has 1 unspecified atom stereocenters. The van der Waals surface area contributed by atoms with E-state index in [1.165, 1.54) is 23.5 Å². The van der Waals surface area contributed by atoms with Gasteiger partial charge in [-0.3, -0.25) is 4.79 Å². The summed E-state index contributed by atoms with van der Waals surface area (Å²) in [5.74, 6) is 0.731. The lowest BCUT2D eigenvalue weighted by molar-refractivity contribution is -0.137. The number of hydrogen-bond donors (Lipinski definition) is 1. The highest BCUT2D eigenvalue weighted by Crippen LogP contribution is 2.34. The van der Waals surface area contributed by atoms with E-state index in [4.69, 9.17) is 56.5 Å². The fourth-order valence-corrected chi connectivity index (χ4v) is 4.94. The number of alkyl halides is 3. The molecule has 1 saturated heterocycles. The van der Waals surface area contributed by atoms with E-state index in [0.717, 1.165) is 5.82 Å². The van der Waals surface area contributed by atoms with Crippen molar-refractivity contribution in [1.82, 2.24) is 14.9 Å². The van der Waals surface area contributed by atoms with Crippen LogP contribution in [0.2, 0.25) is 0 Å². The third kappa shape index (κ3) is 7.17. The van der Waals surface area contributed by atoms with Crippen molar-refractivity contribution < 1.29 is 19.1 Å².